The van der Waals surface area contributed by atoms with Crippen molar-refractivity contribution in [2.75, 3.05) is 45.2 Å². The summed E-state index contributed by atoms with van der Waals surface area (Å²) in [7, 11) is 3.41. The van der Waals surface area contributed by atoms with Gasteiger partial charge in [-0.2, -0.15) is 11.3 Å². The number of aliphatic hydroxyl groups is 1. The number of rotatable bonds is 7. The molecule has 3 aromatic rings. The van der Waals surface area contributed by atoms with Gasteiger partial charge in [0.2, 0.25) is 0 Å². The molecule has 2 aromatic heterocycles. The van der Waals surface area contributed by atoms with E-state index in [2.05, 4.69) is 9.88 Å². The molecule has 1 atom stereocenters. The van der Waals surface area contributed by atoms with Crippen LogP contribution in [-0.4, -0.2) is 72.0 Å². The second-order valence-electron chi connectivity index (χ2n) is 11.2. The van der Waals surface area contributed by atoms with Crippen LogP contribution in [0.4, 0.5) is 5.82 Å². The zero-order chi connectivity index (χ0) is 28.3. The molecule has 2 fully saturated rings. The van der Waals surface area contributed by atoms with Crippen LogP contribution in [0.5, 0.6) is 0 Å². The first-order valence-corrected chi connectivity index (χ1v) is 15.3. The lowest BCUT2D eigenvalue weighted by atomic mass is 9.81. The first-order chi connectivity index (χ1) is 19.3. The molecule has 4 heterocycles. The van der Waals surface area contributed by atoms with Gasteiger partial charge >= 0.3 is 0 Å². The minimum absolute atomic E-state index is 0.147. The normalized spacial score (nSPS) is 18.4. The van der Waals surface area contributed by atoms with Gasteiger partial charge in [0.15, 0.2) is 5.60 Å². The number of nitrogens with zero attached hydrogens (tertiary/aromatic N) is 4. The summed E-state index contributed by atoms with van der Waals surface area (Å²) in [5, 5.41) is 15.8. The molecule has 0 radical (unpaired) electrons. The molecular formula is C31H37ClN4O3S. The smallest absolute Gasteiger partial charge is 0.264 e. The Balaban J connectivity index is 1.14. The molecule has 1 N–H and O–H groups in total. The van der Waals surface area contributed by atoms with Crippen LogP contribution in [0, 0.1) is 11.8 Å². The summed E-state index contributed by atoms with van der Waals surface area (Å²) in [5.41, 5.74) is 0.0162. The zero-order valence-corrected chi connectivity index (χ0v) is 24.7. The van der Waals surface area contributed by atoms with Crippen molar-refractivity contribution in [3.63, 3.8) is 0 Å². The Morgan fingerprint density at radius 2 is 1.62 bits per heavy atom. The second kappa shape index (κ2) is 12.3. The van der Waals surface area contributed by atoms with Gasteiger partial charge in [0.1, 0.15) is 11.0 Å². The van der Waals surface area contributed by atoms with E-state index < -0.39 is 5.60 Å². The lowest BCUT2D eigenvalue weighted by Crippen LogP contribution is -2.50. The monoisotopic (exact) mass is 580 g/mol. The Morgan fingerprint density at radius 3 is 2.20 bits per heavy atom. The number of piperidine rings is 2. The van der Waals surface area contributed by atoms with Crippen molar-refractivity contribution in [1.82, 2.24) is 14.8 Å². The molecule has 0 bridgehead atoms. The van der Waals surface area contributed by atoms with Gasteiger partial charge in [-0.1, -0.05) is 41.9 Å². The van der Waals surface area contributed by atoms with Crippen LogP contribution in [0.1, 0.15) is 53.6 Å². The van der Waals surface area contributed by atoms with Gasteiger partial charge in [-0.05, 0) is 78.5 Å². The number of thiophene rings is 1. The highest BCUT2D eigenvalue weighted by Crippen LogP contribution is 2.36. The maximum Gasteiger partial charge on any atom is 0.264 e. The third-order valence-electron chi connectivity index (χ3n) is 8.42. The fourth-order valence-corrected chi connectivity index (χ4v) is 6.96. The summed E-state index contributed by atoms with van der Waals surface area (Å²) >= 11 is 7.83. The van der Waals surface area contributed by atoms with E-state index in [1.165, 1.54) is 16.2 Å². The highest BCUT2D eigenvalue weighted by Gasteiger charge is 2.44. The van der Waals surface area contributed by atoms with Gasteiger partial charge in [0, 0.05) is 45.8 Å². The summed E-state index contributed by atoms with van der Waals surface area (Å²) in [6.45, 7) is 3.16. The predicted octanol–water partition coefficient (Wildman–Crippen LogP) is 5.28. The van der Waals surface area contributed by atoms with Gasteiger partial charge in [-0.25, -0.2) is 4.98 Å². The summed E-state index contributed by atoms with van der Waals surface area (Å²) in [5.74, 6) is 1.67. The largest absolute Gasteiger partial charge is 0.372 e. The lowest BCUT2D eigenvalue weighted by molar-refractivity contribution is -0.149. The van der Waals surface area contributed by atoms with E-state index >= 15 is 0 Å². The summed E-state index contributed by atoms with van der Waals surface area (Å²) < 4.78 is 0. The van der Waals surface area contributed by atoms with Crippen molar-refractivity contribution in [3.8, 4) is 0 Å². The quantitative estimate of drug-likeness (QED) is 0.385. The summed E-state index contributed by atoms with van der Waals surface area (Å²) in [4.78, 5) is 36.1. The van der Waals surface area contributed by atoms with Crippen LogP contribution in [0.3, 0.4) is 0 Å². The molecule has 2 amide bonds. The molecule has 2 saturated heterocycles. The van der Waals surface area contributed by atoms with Crippen LogP contribution >= 0.6 is 22.9 Å². The third kappa shape index (κ3) is 5.90. The van der Waals surface area contributed by atoms with Crippen LogP contribution in [0.25, 0.3) is 0 Å². The number of carbonyl (C=O) groups excluding carboxylic acids is 2. The first kappa shape index (κ1) is 28.6. The molecule has 0 saturated carbocycles. The fourth-order valence-electron chi connectivity index (χ4n) is 6.03. The number of pyridine rings is 1. The molecule has 212 valence electrons. The Labute approximate surface area is 245 Å². The summed E-state index contributed by atoms with van der Waals surface area (Å²) in [6.07, 6.45) is 5.25. The van der Waals surface area contributed by atoms with Gasteiger partial charge in [-0.3, -0.25) is 9.59 Å². The predicted molar refractivity (Wildman–Crippen MR) is 160 cm³/mol. The number of hydrogen-bond donors (Lipinski definition) is 1. The van der Waals surface area contributed by atoms with Crippen molar-refractivity contribution >= 4 is 40.6 Å². The minimum atomic E-state index is -1.66. The van der Waals surface area contributed by atoms with E-state index in [9.17, 15) is 14.7 Å². The van der Waals surface area contributed by atoms with Crippen LogP contribution < -0.4 is 4.90 Å². The number of anilines is 1. The van der Waals surface area contributed by atoms with E-state index in [0.29, 0.717) is 41.6 Å². The second-order valence-corrected chi connectivity index (χ2v) is 12.3. The minimum Gasteiger partial charge on any atom is -0.372 e. The number of hydrogen-bond acceptors (Lipinski definition) is 6. The van der Waals surface area contributed by atoms with Gasteiger partial charge < -0.3 is 19.8 Å². The summed E-state index contributed by atoms with van der Waals surface area (Å²) in [6, 6.07) is 14.8. The average Bonchev–Trinajstić information content (AvgIpc) is 3.53. The van der Waals surface area contributed by atoms with E-state index in [0.717, 1.165) is 51.0 Å². The number of benzene rings is 1. The molecule has 1 unspecified atom stereocenters. The zero-order valence-electron chi connectivity index (χ0n) is 23.1. The molecule has 2 aliphatic rings. The van der Waals surface area contributed by atoms with Crippen molar-refractivity contribution in [2.45, 2.75) is 37.7 Å². The number of likely N-dealkylation sites (tertiary alicyclic amines) is 1. The maximum atomic E-state index is 13.7. The molecule has 7 nitrogen and oxygen atoms in total. The number of carbonyl (C=O) groups is 2. The molecule has 0 spiro atoms. The van der Waals surface area contributed by atoms with Crippen molar-refractivity contribution in [2.24, 2.45) is 11.8 Å². The molecule has 2 aliphatic heterocycles. The maximum absolute atomic E-state index is 13.7. The third-order valence-corrected chi connectivity index (χ3v) is 9.39. The van der Waals surface area contributed by atoms with Gasteiger partial charge in [-0.15, -0.1) is 0 Å². The highest BCUT2D eigenvalue weighted by atomic mass is 35.5. The molecule has 0 aliphatic carbocycles. The standard InChI is InChI=1S/C31H37ClN4O3S/c1-34(2)29(37)26-8-9-27(33-28(26)32)35-15-10-22(11-16-35)20-23-12-17-36(18-13-23)30(38)31(39,25-14-19-40-21-25)24-6-4-3-5-7-24/h3-9,14,19,21-23,39H,10-13,15-18,20H2,1-2H3. The van der Waals surface area contributed by atoms with E-state index in [-0.39, 0.29) is 17.0 Å². The van der Waals surface area contributed by atoms with Crippen LogP contribution in [-0.2, 0) is 10.4 Å². The number of aromatic nitrogens is 1. The average molecular weight is 581 g/mol. The van der Waals surface area contributed by atoms with Gasteiger partial charge in [0.05, 0.1) is 5.56 Å². The van der Waals surface area contributed by atoms with Crippen molar-refractivity contribution < 1.29 is 14.7 Å². The Hall–Kier alpha value is -2.94. The van der Waals surface area contributed by atoms with E-state index in [4.69, 9.17) is 11.6 Å². The Morgan fingerprint density at radius 1 is 0.975 bits per heavy atom. The number of amides is 2. The Kier molecular flexibility index (Phi) is 8.78. The van der Waals surface area contributed by atoms with Crippen LogP contribution in [0.15, 0.2) is 59.3 Å². The van der Waals surface area contributed by atoms with E-state index in [1.54, 1.807) is 20.2 Å². The molecule has 1 aromatic carbocycles. The molecular weight excluding hydrogens is 544 g/mol. The fraction of sp³-hybridized carbons (Fsp3) is 0.452. The Bertz CT molecular complexity index is 1300. The SMILES string of the molecule is CN(C)C(=O)c1ccc(N2CCC(CC3CCN(C(=O)C(O)(c4ccccc4)c4ccsc4)CC3)CC2)nc1Cl. The van der Waals surface area contributed by atoms with Crippen molar-refractivity contribution in [1.29, 1.82) is 0 Å². The van der Waals surface area contributed by atoms with Crippen molar-refractivity contribution in [3.05, 3.63) is 81.1 Å². The van der Waals surface area contributed by atoms with Crippen LogP contribution in [0.2, 0.25) is 5.15 Å². The van der Waals surface area contributed by atoms with E-state index in [1.807, 2.05) is 58.1 Å². The highest BCUT2D eigenvalue weighted by molar-refractivity contribution is 7.08. The molecule has 5 rings (SSSR count). The molecule has 40 heavy (non-hydrogen) atoms. The molecule has 9 heteroatoms. The number of halogens is 1. The first-order valence-electron chi connectivity index (χ1n) is 14.0. The van der Waals surface area contributed by atoms with Gasteiger partial charge in [0.25, 0.3) is 11.8 Å². The topological polar surface area (TPSA) is 77.0 Å². The lowest BCUT2D eigenvalue weighted by Gasteiger charge is -2.39.